The Kier molecular flexibility index (Phi) is 5.80. The van der Waals surface area contributed by atoms with Gasteiger partial charge in [-0.3, -0.25) is 4.79 Å². The first-order valence-electron chi connectivity index (χ1n) is 7.91. The average molecular weight is 397 g/mol. The Morgan fingerprint density at radius 1 is 1.31 bits per heavy atom. The fourth-order valence-electron chi connectivity index (χ4n) is 2.49. The van der Waals surface area contributed by atoms with Gasteiger partial charge in [-0.05, 0) is 37.3 Å². The Balaban J connectivity index is 2.11. The summed E-state index contributed by atoms with van der Waals surface area (Å²) in [7, 11) is 0. The molecule has 0 aliphatic carbocycles. The van der Waals surface area contributed by atoms with Crippen molar-refractivity contribution in [1.82, 2.24) is 4.57 Å². The second kappa shape index (κ2) is 8.07. The highest BCUT2D eigenvalue weighted by molar-refractivity contribution is 7.16. The number of carbonyl (C=O) groups excluding carboxylic acids is 1. The molecule has 4 nitrogen and oxygen atoms in total. The maximum Gasteiger partial charge on any atom is 0.284 e. The van der Waals surface area contributed by atoms with Crippen LogP contribution in [0.3, 0.4) is 0 Å². The average Bonchev–Trinajstić information content (AvgIpc) is 2.91. The Morgan fingerprint density at radius 2 is 2.12 bits per heavy atom. The maximum absolute atomic E-state index is 14.0. The molecule has 0 bridgehead atoms. The fraction of sp³-hybridized carbons (Fsp3) is 0.222. The fourth-order valence-corrected chi connectivity index (χ4v) is 3.82. The number of aromatic nitrogens is 1. The first kappa shape index (κ1) is 18.7. The van der Waals surface area contributed by atoms with Crippen molar-refractivity contribution in [2.45, 2.75) is 13.5 Å². The van der Waals surface area contributed by atoms with E-state index in [-0.39, 0.29) is 16.4 Å². The lowest BCUT2D eigenvalue weighted by Gasteiger charge is -2.05. The van der Waals surface area contributed by atoms with Gasteiger partial charge in [0, 0.05) is 13.2 Å². The monoisotopic (exact) mass is 396 g/mol. The third kappa shape index (κ3) is 3.85. The SMILES string of the molecule is CCOCCn1c(=NC(=O)c2c(F)cccc2Cl)sc2cc(F)ccc21. The summed E-state index contributed by atoms with van der Waals surface area (Å²) >= 11 is 7.08. The first-order valence-corrected chi connectivity index (χ1v) is 9.10. The summed E-state index contributed by atoms with van der Waals surface area (Å²) in [4.78, 5) is 16.8. The second-order valence-electron chi connectivity index (χ2n) is 5.36. The molecule has 0 unspecified atom stereocenters. The van der Waals surface area contributed by atoms with E-state index in [1.54, 1.807) is 10.6 Å². The number of fused-ring (bicyclic) bond motifs is 1. The van der Waals surface area contributed by atoms with Gasteiger partial charge in [-0.1, -0.05) is 29.0 Å². The first-order chi connectivity index (χ1) is 12.5. The van der Waals surface area contributed by atoms with E-state index in [0.717, 1.165) is 22.9 Å². The van der Waals surface area contributed by atoms with Gasteiger partial charge < -0.3 is 9.30 Å². The molecule has 0 saturated heterocycles. The molecule has 0 fully saturated rings. The van der Waals surface area contributed by atoms with E-state index in [4.69, 9.17) is 16.3 Å². The molecule has 3 aromatic rings. The second-order valence-corrected chi connectivity index (χ2v) is 6.78. The number of ether oxygens (including phenoxy) is 1. The minimum Gasteiger partial charge on any atom is -0.380 e. The lowest BCUT2D eigenvalue weighted by molar-refractivity contribution is 0.0993. The number of hydrogen-bond acceptors (Lipinski definition) is 3. The predicted molar refractivity (Wildman–Crippen MR) is 97.6 cm³/mol. The van der Waals surface area contributed by atoms with Crippen LogP contribution in [-0.2, 0) is 11.3 Å². The van der Waals surface area contributed by atoms with Gasteiger partial charge >= 0.3 is 0 Å². The minimum absolute atomic E-state index is 0.00762. The molecule has 0 atom stereocenters. The molecule has 136 valence electrons. The third-order valence-electron chi connectivity index (χ3n) is 3.68. The summed E-state index contributed by atoms with van der Waals surface area (Å²) in [6.45, 7) is 3.26. The molecule has 1 amide bonds. The molecule has 0 aliphatic heterocycles. The van der Waals surface area contributed by atoms with Gasteiger partial charge in [0.2, 0.25) is 0 Å². The normalized spacial score (nSPS) is 12.1. The summed E-state index contributed by atoms with van der Waals surface area (Å²) in [6, 6.07) is 8.32. The third-order valence-corrected chi connectivity index (χ3v) is 5.04. The highest BCUT2D eigenvalue weighted by Crippen LogP contribution is 2.21. The Hall–Kier alpha value is -2.09. The number of carbonyl (C=O) groups is 1. The summed E-state index contributed by atoms with van der Waals surface area (Å²) in [5.41, 5.74) is 0.441. The van der Waals surface area contributed by atoms with E-state index in [2.05, 4.69) is 4.99 Å². The van der Waals surface area contributed by atoms with Gasteiger partial charge in [-0.25, -0.2) is 8.78 Å². The largest absolute Gasteiger partial charge is 0.380 e. The Bertz CT molecular complexity index is 1010. The van der Waals surface area contributed by atoms with Gasteiger partial charge in [-0.15, -0.1) is 0 Å². The molecule has 8 heteroatoms. The van der Waals surface area contributed by atoms with Crippen LogP contribution in [0, 0.1) is 11.6 Å². The molecule has 2 aromatic carbocycles. The van der Waals surface area contributed by atoms with Gasteiger partial charge in [0.1, 0.15) is 11.6 Å². The number of benzene rings is 2. The zero-order valence-electron chi connectivity index (χ0n) is 13.8. The highest BCUT2D eigenvalue weighted by Gasteiger charge is 2.16. The van der Waals surface area contributed by atoms with E-state index >= 15 is 0 Å². The Labute approximate surface area is 157 Å². The smallest absolute Gasteiger partial charge is 0.284 e. The Morgan fingerprint density at radius 3 is 2.85 bits per heavy atom. The van der Waals surface area contributed by atoms with Crippen LogP contribution in [0.5, 0.6) is 0 Å². The highest BCUT2D eigenvalue weighted by atomic mass is 35.5. The van der Waals surface area contributed by atoms with E-state index < -0.39 is 11.7 Å². The number of rotatable bonds is 5. The summed E-state index contributed by atoms with van der Waals surface area (Å²) in [6.07, 6.45) is 0. The van der Waals surface area contributed by atoms with Gasteiger partial charge in [0.25, 0.3) is 5.91 Å². The van der Waals surface area contributed by atoms with Crippen molar-refractivity contribution in [1.29, 1.82) is 0 Å². The lowest BCUT2D eigenvalue weighted by atomic mass is 10.2. The minimum atomic E-state index is -0.787. The molecule has 3 rings (SSSR count). The zero-order valence-corrected chi connectivity index (χ0v) is 15.4. The van der Waals surface area contributed by atoms with Gasteiger partial charge in [0.15, 0.2) is 4.80 Å². The quantitative estimate of drug-likeness (QED) is 0.599. The molecule has 1 heterocycles. The topological polar surface area (TPSA) is 43.6 Å². The number of thiazole rings is 1. The predicted octanol–water partition coefficient (Wildman–Crippen LogP) is 4.41. The van der Waals surface area contributed by atoms with E-state index in [1.165, 1.54) is 24.3 Å². The molecule has 0 saturated carbocycles. The summed E-state index contributed by atoms with van der Waals surface area (Å²) in [5.74, 6) is -1.91. The number of hydrogen-bond donors (Lipinski definition) is 0. The van der Waals surface area contributed by atoms with Crippen molar-refractivity contribution in [3.05, 3.63) is 63.4 Å². The van der Waals surface area contributed by atoms with E-state index in [9.17, 15) is 13.6 Å². The van der Waals surface area contributed by atoms with Crippen molar-refractivity contribution in [3.63, 3.8) is 0 Å². The molecule has 1 aromatic heterocycles. The van der Waals surface area contributed by atoms with Crippen LogP contribution in [0.1, 0.15) is 17.3 Å². The van der Waals surface area contributed by atoms with Crippen molar-refractivity contribution in [2.75, 3.05) is 13.2 Å². The van der Waals surface area contributed by atoms with Crippen LogP contribution >= 0.6 is 22.9 Å². The van der Waals surface area contributed by atoms with Crippen molar-refractivity contribution >= 4 is 39.1 Å². The molecule has 0 radical (unpaired) electrons. The molecule has 26 heavy (non-hydrogen) atoms. The van der Waals surface area contributed by atoms with Gasteiger partial charge in [-0.2, -0.15) is 4.99 Å². The van der Waals surface area contributed by atoms with Crippen molar-refractivity contribution < 1.29 is 18.3 Å². The summed E-state index contributed by atoms with van der Waals surface area (Å²) < 4.78 is 35.2. The number of nitrogens with zero attached hydrogens (tertiary/aromatic N) is 2. The number of amides is 1. The summed E-state index contributed by atoms with van der Waals surface area (Å²) in [5, 5.41) is -0.00762. The molecule has 0 aliphatic rings. The maximum atomic E-state index is 14.0. The van der Waals surface area contributed by atoms with Crippen LogP contribution < -0.4 is 4.80 Å². The van der Waals surface area contributed by atoms with E-state index in [1.807, 2.05) is 6.92 Å². The van der Waals surface area contributed by atoms with Crippen LogP contribution in [-0.4, -0.2) is 23.7 Å². The van der Waals surface area contributed by atoms with Crippen LogP contribution in [0.2, 0.25) is 5.02 Å². The van der Waals surface area contributed by atoms with Crippen LogP contribution in [0.4, 0.5) is 8.78 Å². The van der Waals surface area contributed by atoms with Crippen molar-refractivity contribution in [2.24, 2.45) is 4.99 Å². The van der Waals surface area contributed by atoms with Gasteiger partial charge in [0.05, 0.1) is 27.4 Å². The van der Waals surface area contributed by atoms with Crippen LogP contribution in [0.15, 0.2) is 41.4 Å². The van der Waals surface area contributed by atoms with E-state index in [0.29, 0.717) is 29.3 Å². The van der Waals surface area contributed by atoms with Crippen LogP contribution in [0.25, 0.3) is 10.2 Å². The number of halogens is 3. The zero-order chi connectivity index (χ0) is 18.7. The molecule has 0 spiro atoms. The standard InChI is InChI=1S/C18H15ClF2N2O2S/c1-2-25-9-8-23-14-7-6-11(20)10-15(14)26-18(23)22-17(24)16-12(19)4-3-5-13(16)21/h3-7,10H,2,8-9H2,1H3. The molecule has 0 N–H and O–H groups in total. The lowest BCUT2D eigenvalue weighted by Crippen LogP contribution is -2.20. The molecular formula is C18H15ClF2N2O2S. The molecular weight excluding hydrogens is 382 g/mol. The van der Waals surface area contributed by atoms with Crippen molar-refractivity contribution in [3.8, 4) is 0 Å².